The molecule has 1 atom stereocenters. The third-order valence-corrected chi connectivity index (χ3v) is 5.95. The van der Waals surface area contributed by atoms with Crippen molar-refractivity contribution in [2.75, 3.05) is 31.7 Å². The zero-order chi connectivity index (χ0) is 17.0. The highest BCUT2D eigenvalue weighted by molar-refractivity contribution is 7.91. The first kappa shape index (κ1) is 17.6. The second-order valence-corrected chi connectivity index (χ2v) is 8.22. The van der Waals surface area contributed by atoms with Crippen molar-refractivity contribution in [2.24, 2.45) is 0 Å². The maximum atomic E-state index is 12.0. The van der Waals surface area contributed by atoms with E-state index in [1.807, 2.05) is 32.0 Å². The third-order valence-electron chi connectivity index (χ3n) is 4.20. The third kappa shape index (κ3) is 4.86. The summed E-state index contributed by atoms with van der Waals surface area (Å²) in [5.74, 6) is 0.985. The molecule has 1 heterocycles. The molecule has 1 N–H and O–H groups in total. The molecule has 7 heteroatoms. The average Bonchev–Trinajstić information content (AvgIpc) is 2.86. The Bertz CT molecular complexity index is 673. The highest BCUT2D eigenvalue weighted by Crippen LogP contribution is 2.17. The molecule has 128 valence electrons. The van der Waals surface area contributed by atoms with Gasteiger partial charge in [0.05, 0.1) is 18.1 Å². The largest absolute Gasteiger partial charge is 0.492 e. The van der Waals surface area contributed by atoms with E-state index in [4.69, 9.17) is 4.74 Å². The SMILES string of the molecule is Cc1ccc(OCCNC(=O)N(C)C2CCS(=O)(=O)C2)cc1C. The number of benzene rings is 1. The summed E-state index contributed by atoms with van der Waals surface area (Å²) in [7, 11) is -1.36. The summed E-state index contributed by atoms with van der Waals surface area (Å²) in [5.41, 5.74) is 2.37. The van der Waals surface area contributed by atoms with E-state index in [0.29, 0.717) is 19.6 Å². The number of carbonyl (C=O) groups excluding carboxylic acids is 1. The van der Waals surface area contributed by atoms with Gasteiger partial charge in [-0.25, -0.2) is 13.2 Å². The monoisotopic (exact) mass is 340 g/mol. The van der Waals surface area contributed by atoms with Crippen LogP contribution in [0.3, 0.4) is 0 Å². The zero-order valence-electron chi connectivity index (χ0n) is 13.8. The van der Waals surface area contributed by atoms with Gasteiger partial charge in [0.2, 0.25) is 0 Å². The quantitative estimate of drug-likeness (QED) is 0.825. The fraction of sp³-hybridized carbons (Fsp3) is 0.562. The minimum Gasteiger partial charge on any atom is -0.492 e. The van der Waals surface area contributed by atoms with Crippen molar-refractivity contribution in [2.45, 2.75) is 26.3 Å². The highest BCUT2D eigenvalue weighted by Gasteiger charge is 2.32. The van der Waals surface area contributed by atoms with E-state index in [0.717, 1.165) is 11.3 Å². The first-order valence-corrected chi connectivity index (χ1v) is 9.52. The van der Waals surface area contributed by atoms with E-state index < -0.39 is 9.84 Å². The van der Waals surface area contributed by atoms with Crippen LogP contribution in [0, 0.1) is 13.8 Å². The molecule has 1 aliphatic heterocycles. The van der Waals surface area contributed by atoms with Crippen molar-refractivity contribution in [3.05, 3.63) is 29.3 Å². The molecular formula is C16H24N2O4S. The molecule has 2 amide bonds. The van der Waals surface area contributed by atoms with Gasteiger partial charge in [0.15, 0.2) is 9.84 Å². The number of urea groups is 1. The van der Waals surface area contributed by atoms with Gasteiger partial charge >= 0.3 is 6.03 Å². The predicted octanol–water partition coefficient (Wildman–Crippen LogP) is 1.51. The molecule has 1 aromatic rings. The van der Waals surface area contributed by atoms with E-state index >= 15 is 0 Å². The molecule has 6 nitrogen and oxygen atoms in total. The Kier molecular flexibility index (Phi) is 5.51. The number of hydrogen-bond acceptors (Lipinski definition) is 4. The molecule has 2 rings (SSSR count). The number of aryl methyl sites for hydroxylation is 2. The first-order chi connectivity index (χ1) is 10.8. The van der Waals surface area contributed by atoms with Gasteiger partial charge in [0.25, 0.3) is 0 Å². The van der Waals surface area contributed by atoms with Gasteiger partial charge in [-0.3, -0.25) is 0 Å². The lowest BCUT2D eigenvalue weighted by Crippen LogP contribution is -2.45. The second-order valence-electron chi connectivity index (χ2n) is 5.99. The van der Waals surface area contributed by atoms with Crippen LogP contribution in [0.25, 0.3) is 0 Å². The molecule has 0 bridgehead atoms. The van der Waals surface area contributed by atoms with Crippen LogP contribution in [-0.2, 0) is 9.84 Å². The zero-order valence-corrected chi connectivity index (χ0v) is 14.6. The standard InChI is InChI=1S/C16H24N2O4S/c1-12-4-5-15(10-13(12)2)22-8-7-17-16(19)18(3)14-6-9-23(20,21)11-14/h4-5,10,14H,6-9,11H2,1-3H3,(H,17,19). The van der Waals surface area contributed by atoms with Crippen LogP contribution in [-0.4, -0.2) is 57.1 Å². The van der Waals surface area contributed by atoms with Crippen molar-refractivity contribution >= 4 is 15.9 Å². The van der Waals surface area contributed by atoms with Crippen molar-refractivity contribution in [3.63, 3.8) is 0 Å². The molecule has 0 spiro atoms. The molecule has 1 unspecified atom stereocenters. The lowest BCUT2D eigenvalue weighted by molar-refractivity contribution is 0.192. The van der Waals surface area contributed by atoms with Crippen LogP contribution in [0.1, 0.15) is 17.5 Å². The Morgan fingerprint density at radius 1 is 1.35 bits per heavy atom. The van der Waals surface area contributed by atoms with E-state index in [9.17, 15) is 13.2 Å². The molecule has 0 saturated carbocycles. The number of nitrogens with zero attached hydrogens (tertiary/aromatic N) is 1. The number of amides is 2. The number of carbonyl (C=O) groups is 1. The van der Waals surface area contributed by atoms with Gasteiger partial charge in [-0.15, -0.1) is 0 Å². The molecule has 0 aliphatic carbocycles. The molecule has 1 saturated heterocycles. The summed E-state index contributed by atoms with van der Waals surface area (Å²) in [6.45, 7) is 4.80. The van der Waals surface area contributed by atoms with Crippen LogP contribution >= 0.6 is 0 Å². The number of nitrogens with one attached hydrogen (secondary N) is 1. The summed E-state index contributed by atoms with van der Waals surface area (Å²) < 4.78 is 28.5. The van der Waals surface area contributed by atoms with Gasteiger partial charge in [0, 0.05) is 13.1 Å². The van der Waals surface area contributed by atoms with Crippen LogP contribution in [0.2, 0.25) is 0 Å². The minimum absolute atomic E-state index is 0.0517. The van der Waals surface area contributed by atoms with Crippen molar-refractivity contribution in [1.29, 1.82) is 0 Å². The topological polar surface area (TPSA) is 75.7 Å². The lowest BCUT2D eigenvalue weighted by atomic mass is 10.1. The summed E-state index contributed by atoms with van der Waals surface area (Å²) in [4.78, 5) is 13.5. The number of sulfone groups is 1. The van der Waals surface area contributed by atoms with E-state index in [1.54, 1.807) is 7.05 Å². The predicted molar refractivity (Wildman–Crippen MR) is 89.6 cm³/mol. The number of hydrogen-bond donors (Lipinski definition) is 1. The maximum Gasteiger partial charge on any atom is 0.317 e. The van der Waals surface area contributed by atoms with E-state index in [2.05, 4.69) is 5.32 Å². The first-order valence-electron chi connectivity index (χ1n) is 7.69. The molecule has 0 radical (unpaired) electrons. The Hall–Kier alpha value is -1.76. The highest BCUT2D eigenvalue weighted by atomic mass is 32.2. The Morgan fingerprint density at radius 3 is 2.70 bits per heavy atom. The van der Waals surface area contributed by atoms with Crippen molar-refractivity contribution in [3.8, 4) is 5.75 Å². The summed E-state index contributed by atoms with van der Waals surface area (Å²) in [6.07, 6.45) is 0.505. The fourth-order valence-corrected chi connectivity index (χ4v) is 4.28. The van der Waals surface area contributed by atoms with Crippen molar-refractivity contribution < 1.29 is 17.9 Å². The molecule has 1 fully saturated rings. The van der Waals surface area contributed by atoms with Crippen LogP contribution in [0.5, 0.6) is 5.75 Å². The van der Waals surface area contributed by atoms with Gasteiger partial charge in [-0.1, -0.05) is 6.07 Å². The van der Waals surface area contributed by atoms with Crippen molar-refractivity contribution in [1.82, 2.24) is 10.2 Å². The number of ether oxygens (including phenoxy) is 1. The van der Waals surface area contributed by atoms with Crippen LogP contribution < -0.4 is 10.1 Å². The smallest absolute Gasteiger partial charge is 0.317 e. The second kappa shape index (κ2) is 7.21. The van der Waals surface area contributed by atoms with Gasteiger partial charge in [0.1, 0.15) is 12.4 Å². The van der Waals surface area contributed by atoms with Gasteiger partial charge in [-0.05, 0) is 43.5 Å². The van der Waals surface area contributed by atoms with Crippen LogP contribution in [0.4, 0.5) is 4.79 Å². The van der Waals surface area contributed by atoms with E-state index in [-0.39, 0.29) is 23.6 Å². The molecule has 23 heavy (non-hydrogen) atoms. The molecule has 0 aromatic heterocycles. The molecule has 1 aliphatic rings. The van der Waals surface area contributed by atoms with Crippen LogP contribution in [0.15, 0.2) is 18.2 Å². The Morgan fingerprint density at radius 2 is 2.09 bits per heavy atom. The van der Waals surface area contributed by atoms with Gasteiger partial charge < -0.3 is 15.0 Å². The molecule has 1 aromatic carbocycles. The summed E-state index contributed by atoms with van der Waals surface area (Å²) in [6, 6.07) is 5.36. The lowest BCUT2D eigenvalue weighted by Gasteiger charge is -2.23. The maximum absolute atomic E-state index is 12.0. The summed E-state index contributed by atoms with van der Waals surface area (Å²) in [5, 5.41) is 2.75. The average molecular weight is 340 g/mol. The Labute approximate surface area is 137 Å². The normalized spacial score (nSPS) is 19.3. The summed E-state index contributed by atoms with van der Waals surface area (Å²) >= 11 is 0. The van der Waals surface area contributed by atoms with E-state index in [1.165, 1.54) is 10.5 Å². The fourth-order valence-electron chi connectivity index (χ4n) is 2.50. The molecular weight excluding hydrogens is 316 g/mol. The van der Waals surface area contributed by atoms with Gasteiger partial charge in [-0.2, -0.15) is 0 Å². The Balaban J connectivity index is 1.73. The number of rotatable bonds is 5. The minimum atomic E-state index is -2.99.